The Hall–Kier alpha value is -1.39. The van der Waals surface area contributed by atoms with Crippen molar-refractivity contribution in [3.05, 3.63) is 45.3 Å². The van der Waals surface area contributed by atoms with E-state index in [0.717, 1.165) is 32.5 Å². The van der Waals surface area contributed by atoms with E-state index in [1.807, 2.05) is 31.2 Å². The van der Waals surface area contributed by atoms with Crippen LogP contribution in [0.3, 0.4) is 0 Å². The molecule has 0 saturated heterocycles. The summed E-state index contributed by atoms with van der Waals surface area (Å²) in [6, 6.07) is 7.87. The predicted octanol–water partition coefficient (Wildman–Crippen LogP) is 5.74. The van der Waals surface area contributed by atoms with Crippen molar-refractivity contribution in [3.8, 4) is 11.4 Å². The van der Waals surface area contributed by atoms with Gasteiger partial charge in [-0.15, -0.1) is 0 Å². The molecule has 2 heterocycles. The Morgan fingerprint density at radius 1 is 1.19 bits per heavy atom. The molecule has 0 aliphatic carbocycles. The number of fused-ring (bicyclic) bond motifs is 1. The van der Waals surface area contributed by atoms with Crippen molar-refractivity contribution >= 4 is 38.5 Å². The number of hydrogen-bond acceptors (Lipinski definition) is 3. The van der Waals surface area contributed by atoms with E-state index in [1.54, 1.807) is 0 Å². The maximum atomic E-state index is 6.25. The molecular weight excluding hydrogens is 352 g/mol. The molecule has 0 radical (unpaired) electrons. The summed E-state index contributed by atoms with van der Waals surface area (Å²) in [5, 5.41) is 1.43. The van der Waals surface area contributed by atoms with Crippen LogP contribution >= 0.6 is 27.5 Å². The summed E-state index contributed by atoms with van der Waals surface area (Å²) in [6.45, 7) is 6.07. The largest absolute Gasteiger partial charge is 0.461 e. The fraction of sp³-hybridized carbons (Fsp3) is 0.250. The molecule has 0 bridgehead atoms. The van der Waals surface area contributed by atoms with Gasteiger partial charge in [-0.05, 0) is 34.8 Å². The third-order valence-electron chi connectivity index (χ3n) is 3.38. The summed E-state index contributed by atoms with van der Waals surface area (Å²) in [5.74, 6) is 1.65. The van der Waals surface area contributed by atoms with Gasteiger partial charge in [0, 0.05) is 5.39 Å². The summed E-state index contributed by atoms with van der Waals surface area (Å²) in [5.41, 5.74) is 2.63. The first-order valence-electron chi connectivity index (χ1n) is 6.70. The number of hydrogen-bond donors (Lipinski definition) is 0. The molecule has 0 fully saturated rings. The van der Waals surface area contributed by atoms with Gasteiger partial charge in [-0.3, -0.25) is 0 Å². The van der Waals surface area contributed by atoms with E-state index in [9.17, 15) is 0 Å². The molecular formula is C16H14BrClN2O. The molecule has 3 nitrogen and oxygen atoms in total. The third kappa shape index (κ3) is 2.47. The number of aromatic nitrogens is 2. The zero-order chi connectivity index (χ0) is 15.1. The van der Waals surface area contributed by atoms with Gasteiger partial charge in [0.1, 0.15) is 16.5 Å². The van der Waals surface area contributed by atoms with Gasteiger partial charge in [0.2, 0.25) is 0 Å². The summed E-state index contributed by atoms with van der Waals surface area (Å²) >= 11 is 9.72. The van der Waals surface area contributed by atoms with Crippen molar-refractivity contribution in [1.29, 1.82) is 0 Å². The minimum atomic E-state index is 0.247. The molecule has 0 aliphatic heterocycles. The number of nitrogens with zero attached hydrogens (tertiary/aromatic N) is 2. The van der Waals surface area contributed by atoms with Gasteiger partial charge in [0.05, 0.1) is 15.7 Å². The molecule has 0 spiro atoms. The smallest absolute Gasteiger partial charge is 0.165 e. The van der Waals surface area contributed by atoms with Crippen molar-refractivity contribution in [2.45, 2.75) is 26.7 Å². The molecule has 21 heavy (non-hydrogen) atoms. The Kier molecular flexibility index (Phi) is 3.76. The highest BCUT2D eigenvalue weighted by molar-refractivity contribution is 9.10. The molecule has 5 heteroatoms. The monoisotopic (exact) mass is 364 g/mol. The molecule has 3 rings (SSSR count). The SMILES string of the molecule is Cc1oc2ccccc2c1-c1nc(Cl)c(Br)c(C(C)C)n1. The number of benzene rings is 1. The normalized spacial score (nSPS) is 11.5. The van der Waals surface area contributed by atoms with Crippen LogP contribution in [0.1, 0.15) is 31.2 Å². The molecule has 3 aromatic rings. The zero-order valence-electron chi connectivity index (χ0n) is 11.9. The summed E-state index contributed by atoms with van der Waals surface area (Å²) in [4.78, 5) is 9.10. The maximum Gasteiger partial charge on any atom is 0.165 e. The lowest BCUT2D eigenvalue weighted by molar-refractivity contribution is 0.579. The summed E-state index contributed by atoms with van der Waals surface area (Å²) in [7, 11) is 0. The first kappa shape index (κ1) is 14.5. The third-order valence-corrected chi connectivity index (χ3v) is 4.66. The molecule has 0 atom stereocenters. The molecule has 0 aliphatic rings. The van der Waals surface area contributed by atoms with Gasteiger partial charge in [-0.25, -0.2) is 9.97 Å². The Bertz CT molecular complexity index is 827. The Morgan fingerprint density at radius 2 is 1.90 bits per heavy atom. The van der Waals surface area contributed by atoms with Crippen LogP contribution in [0.2, 0.25) is 5.15 Å². The highest BCUT2D eigenvalue weighted by atomic mass is 79.9. The predicted molar refractivity (Wildman–Crippen MR) is 88.8 cm³/mol. The lowest BCUT2D eigenvalue weighted by Gasteiger charge is -2.10. The van der Waals surface area contributed by atoms with Gasteiger partial charge in [-0.2, -0.15) is 0 Å². The van der Waals surface area contributed by atoms with Gasteiger partial charge in [0.15, 0.2) is 5.82 Å². The van der Waals surface area contributed by atoms with Crippen molar-refractivity contribution in [2.75, 3.05) is 0 Å². The quantitative estimate of drug-likeness (QED) is 0.544. The molecule has 0 N–H and O–H groups in total. The van der Waals surface area contributed by atoms with Crippen LogP contribution in [-0.2, 0) is 0 Å². The van der Waals surface area contributed by atoms with E-state index >= 15 is 0 Å². The second-order valence-electron chi connectivity index (χ2n) is 5.22. The van der Waals surface area contributed by atoms with Crippen LogP contribution in [0.15, 0.2) is 33.2 Å². The number of aryl methyl sites for hydroxylation is 1. The Morgan fingerprint density at radius 3 is 2.62 bits per heavy atom. The van der Waals surface area contributed by atoms with Crippen molar-refractivity contribution in [2.24, 2.45) is 0 Å². The molecule has 2 aromatic heterocycles. The molecule has 1 aromatic carbocycles. The fourth-order valence-corrected chi connectivity index (χ4v) is 3.19. The van der Waals surface area contributed by atoms with Gasteiger partial charge < -0.3 is 4.42 Å². The summed E-state index contributed by atoms with van der Waals surface area (Å²) < 4.78 is 6.55. The van der Waals surface area contributed by atoms with Gasteiger partial charge in [0.25, 0.3) is 0 Å². The zero-order valence-corrected chi connectivity index (χ0v) is 14.3. The topological polar surface area (TPSA) is 38.9 Å². The minimum Gasteiger partial charge on any atom is -0.461 e. The second kappa shape index (κ2) is 5.43. The molecule has 0 amide bonds. The summed E-state index contributed by atoms with van der Waals surface area (Å²) in [6.07, 6.45) is 0. The van der Waals surface area contributed by atoms with Gasteiger partial charge >= 0.3 is 0 Å². The van der Waals surface area contributed by atoms with Crippen LogP contribution in [0.5, 0.6) is 0 Å². The highest BCUT2D eigenvalue weighted by Gasteiger charge is 2.19. The number of rotatable bonds is 2. The fourth-order valence-electron chi connectivity index (χ4n) is 2.38. The van der Waals surface area contributed by atoms with Crippen molar-refractivity contribution in [3.63, 3.8) is 0 Å². The number of furan rings is 1. The lowest BCUT2D eigenvalue weighted by Crippen LogP contribution is -2.00. The first-order chi connectivity index (χ1) is 9.99. The first-order valence-corrected chi connectivity index (χ1v) is 7.87. The van der Waals surface area contributed by atoms with E-state index in [1.165, 1.54) is 0 Å². The van der Waals surface area contributed by atoms with Crippen LogP contribution < -0.4 is 0 Å². The van der Waals surface area contributed by atoms with E-state index in [4.69, 9.17) is 16.0 Å². The standard InChI is InChI=1S/C16H14BrClN2O/c1-8(2)14-13(17)15(18)20-16(19-14)12-9(3)21-11-7-5-4-6-10(11)12/h4-8H,1-3H3. The van der Waals surface area contributed by atoms with Crippen LogP contribution in [0, 0.1) is 6.92 Å². The molecule has 0 unspecified atom stereocenters. The lowest BCUT2D eigenvalue weighted by atomic mass is 10.1. The van der Waals surface area contributed by atoms with Crippen molar-refractivity contribution in [1.82, 2.24) is 9.97 Å². The molecule has 108 valence electrons. The second-order valence-corrected chi connectivity index (χ2v) is 6.37. The van der Waals surface area contributed by atoms with E-state index in [-0.39, 0.29) is 5.92 Å². The van der Waals surface area contributed by atoms with E-state index < -0.39 is 0 Å². The van der Waals surface area contributed by atoms with Crippen LogP contribution in [0.4, 0.5) is 0 Å². The minimum absolute atomic E-state index is 0.247. The Balaban J connectivity index is 2.31. The Labute approximate surface area is 136 Å². The number of halogens is 2. The highest BCUT2D eigenvalue weighted by Crippen LogP contribution is 2.36. The molecule has 0 saturated carbocycles. The van der Waals surface area contributed by atoms with E-state index in [2.05, 4.69) is 39.7 Å². The average Bonchev–Trinajstić information content (AvgIpc) is 2.77. The van der Waals surface area contributed by atoms with Crippen LogP contribution in [0.25, 0.3) is 22.4 Å². The van der Waals surface area contributed by atoms with Gasteiger partial charge in [-0.1, -0.05) is 43.6 Å². The van der Waals surface area contributed by atoms with Crippen LogP contribution in [-0.4, -0.2) is 9.97 Å². The van der Waals surface area contributed by atoms with E-state index in [0.29, 0.717) is 11.0 Å². The maximum absolute atomic E-state index is 6.25. The average molecular weight is 366 g/mol. The van der Waals surface area contributed by atoms with Crippen molar-refractivity contribution < 1.29 is 4.42 Å². The number of para-hydroxylation sites is 1.